The zero-order valence-electron chi connectivity index (χ0n) is 17.3. The fraction of sp³-hybridized carbons (Fsp3) is 0.125. The van der Waals surface area contributed by atoms with Crippen LogP contribution in [0.3, 0.4) is 0 Å². The van der Waals surface area contributed by atoms with Crippen LogP contribution in [0.4, 0.5) is 10.2 Å². The lowest BCUT2D eigenvalue weighted by Gasteiger charge is -2.14. The minimum absolute atomic E-state index is 0.211. The summed E-state index contributed by atoms with van der Waals surface area (Å²) in [6, 6.07) is 12.9. The minimum atomic E-state index is -0.542. The molecule has 32 heavy (non-hydrogen) atoms. The highest BCUT2D eigenvalue weighted by molar-refractivity contribution is 6.04. The Bertz CT molecular complexity index is 1150. The van der Waals surface area contributed by atoms with Gasteiger partial charge in [-0.15, -0.1) is 6.42 Å². The summed E-state index contributed by atoms with van der Waals surface area (Å²) in [4.78, 5) is 28.4. The van der Waals surface area contributed by atoms with Crippen molar-refractivity contribution in [1.29, 1.82) is 0 Å². The first kappa shape index (κ1) is 22.3. The number of aromatic nitrogens is 1. The first-order valence-electron chi connectivity index (χ1n) is 9.45. The standard InChI is InChI=1S/C24H19FN2O5/c1-4-15(2)31-20-11-17(12-21(13-20)32-19-8-6-18(25)7-9-19)23(28)27-22-10-5-16(14-26-22)24(29)30-3/h1,5-15H,2-3H3,(H,26,27,28)/t15-/m0/s1. The van der Waals surface area contributed by atoms with Crippen molar-refractivity contribution < 1.29 is 28.2 Å². The number of nitrogens with zero attached hydrogens (tertiary/aromatic N) is 1. The molecule has 0 unspecified atom stereocenters. The molecule has 0 saturated heterocycles. The molecule has 0 aliphatic heterocycles. The van der Waals surface area contributed by atoms with Gasteiger partial charge in [0.15, 0.2) is 6.10 Å². The van der Waals surface area contributed by atoms with Crippen LogP contribution in [-0.2, 0) is 4.74 Å². The van der Waals surface area contributed by atoms with Gasteiger partial charge in [-0.2, -0.15) is 0 Å². The van der Waals surface area contributed by atoms with Gasteiger partial charge in [0.2, 0.25) is 0 Å². The van der Waals surface area contributed by atoms with E-state index in [9.17, 15) is 14.0 Å². The highest BCUT2D eigenvalue weighted by Gasteiger charge is 2.14. The number of carbonyl (C=O) groups is 2. The Morgan fingerprint density at radius 3 is 2.38 bits per heavy atom. The molecule has 2 aromatic carbocycles. The van der Waals surface area contributed by atoms with E-state index < -0.39 is 23.8 Å². The molecule has 0 aliphatic rings. The summed E-state index contributed by atoms with van der Waals surface area (Å²) in [5, 5.41) is 2.63. The Balaban J connectivity index is 1.85. The molecule has 1 N–H and O–H groups in total. The van der Waals surface area contributed by atoms with E-state index in [1.54, 1.807) is 13.0 Å². The van der Waals surface area contributed by atoms with Crippen LogP contribution in [0.15, 0.2) is 60.8 Å². The first-order valence-corrected chi connectivity index (χ1v) is 9.45. The van der Waals surface area contributed by atoms with E-state index in [0.29, 0.717) is 11.5 Å². The third-order valence-electron chi connectivity index (χ3n) is 4.17. The summed E-state index contributed by atoms with van der Waals surface area (Å²) in [6.45, 7) is 1.68. The number of carbonyl (C=O) groups excluding carboxylic acids is 2. The topological polar surface area (TPSA) is 86.8 Å². The van der Waals surface area contributed by atoms with E-state index in [2.05, 4.69) is 21.0 Å². The second-order valence-electron chi connectivity index (χ2n) is 6.55. The first-order chi connectivity index (χ1) is 15.4. The van der Waals surface area contributed by atoms with E-state index in [1.165, 1.54) is 61.8 Å². The third-order valence-corrected chi connectivity index (χ3v) is 4.17. The fourth-order valence-corrected chi connectivity index (χ4v) is 2.60. The van der Waals surface area contributed by atoms with Crippen molar-refractivity contribution in [2.45, 2.75) is 13.0 Å². The van der Waals surface area contributed by atoms with Crippen molar-refractivity contribution in [3.63, 3.8) is 0 Å². The van der Waals surface area contributed by atoms with E-state index in [0.717, 1.165) is 0 Å². The molecule has 1 amide bonds. The lowest BCUT2D eigenvalue weighted by molar-refractivity contribution is 0.0600. The van der Waals surface area contributed by atoms with Crippen molar-refractivity contribution in [3.05, 3.63) is 77.7 Å². The lowest BCUT2D eigenvalue weighted by Crippen LogP contribution is -2.14. The molecule has 0 spiro atoms. The van der Waals surface area contributed by atoms with Gasteiger partial charge >= 0.3 is 5.97 Å². The smallest absolute Gasteiger partial charge is 0.339 e. The van der Waals surface area contributed by atoms with Crippen molar-refractivity contribution in [3.8, 4) is 29.6 Å². The normalized spacial score (nSPS) is 11.1. The molecule has 1 aromatic heterocycles. The van der Waals surface area contributed by atoms with Gasteiger partial charge < -0.3 is 19.5 Å². The third kappa shape index (κ3) is 5.83. The summed E-state index contributed by atoms with van der Waals surface area (Å²) in [5.74, 6) is 2.22. The number of rotatable bonds is 7. The maximum Gasteiger partial charge on any atom is 0.339 e. The van der Waals surface area contributed by atoms with Crippen LogP contribution in [0.1, 0.15) is 27.6 Å². The van der Waals surface area contributed by atoms with Crippen LogP contribution < -0.4 is 14.8 Å². The minimum Gasteiger partial charge on any atom is -0.478 e. The number of anilines is 1. The Morgan fingerprint density at radius 2 is 1.75 bits per heavy atom. The van der Waals surface area contributed by atoms with Gasteiger partial charge in [0, 0.05) is 17.8 Å². The van der Waals surface area contributed by atoms with Crippen LogP contribution in [0.5, 0.6) is 17.2 Å². The average Bonchev–Trinajstić information content (AvgIpc) is 2.80. The average molecular weight is 434 g/mol. The Labute approximate surface area is 184 Å². The van der Waals surface area contributed by atoms with Crippen molar-refractivity contribution in [2.24, 2.45) is 0 Å². The fourth-order valence-electron chi connectivity index (χ4n) is 2.60. The maximum absolute atomic E-state index is 13.2. The number of pyridine rings is 1. The Kier molecular flexibility index (Phi) is 7.03. The summed E-state index contributed by atoms with van der Waals surface area (Å²) < 4.78 is 29.2. The van der Waals surface area contributed by atoms with Crippen LogP contribution >= 0.6 is 0 Å². The zero-order valence-corrected chi connectivity index (χ0v) is 17.3. The summed E-state index contributed by atoms with van der Waals surface area (Å²) in [5.41, 5.74) is 0.460. The molecule has 0 saturated carbocycles. The van der Waals surface area contributed by atoms with E-state index in [4.69, 9.17) is 15.9 Å². The maximum atomic E-state index is 13.2. The molecule has 3 aromatic rings. The molecule has 162 valence electrons. The number of methoxy groups -OCH3 is 1. The van der Waals surface area contributed by atoms with Crippen molar-refractivity contribution in [2.75, 3.05) is 12.4 Å². The van der Waals surface area contributed by atoms with E-state index >= 15 is 0 Å². The van der Waals surface area contributed by atoms with Gasteiger partial charge in [0.1, 0.15) is 28.9 Å². The van der Waals surface area contributed by atoms with Crippen molar-refractivity contribution in [1.82, 2.24) is 4.98 Å². The molecule has 0 aliphatic carbocycles. The molecular weight excluding hydrogens is 415 g/mol. The number of hydrogen-bond donors (Lipinski definition) is 1. The highest BCUT2D eigenvalue weighted by Crippen LogP contribution is 2.28. The molecule has 1 atom stereocenters. The second kappa shape index (κ2) is 10.1. The number of benzene rings is 2. The largest absolute Gasteiger partial charge is 0.478 e. The van der Waals surface area contributed by atoms with Gasteiger partial charge in [-0.25, -0.2) is 14.2 Å². The van der Waals surface area contributed by atoms with Crippen LogP contribution in [0.2, 0.25) is 0 Å². The van der Waals surface area contributed by atoms with Gasteiger partial charge in [-0.3, -0.25) is 4.79 Å². The summed E-state index contributed by atoms with van der Waals surface area (Å²) >= 11 is 0. The number of hydrogen-bond acceptors (Lipinski definition) is 6. The number of amides is 1. The highest BCUT2D eigenvalue weighted by atomic mass is 19.1. The number of esters is 1. The number of nitrogens with one attached hydrogen (secondary N) is 1. The van der Waals surface area contributed by atoms with E-state index in [1.807, 2.05) is 0 Å². The predicted molar refractivity (Wildman–Crippen MR) is 115 cm³/mol. The summed E-state index contributed by atoms with van der Waals surface area (Å²) in [7, 11) is 1.26. The zero-order chi connectivity index (χ0) is 23.1. The van der Waals surface area contributed by atoms with Crippen LogP contribution in [0, 0.1) is 18.2 Å². The second-order valence-corrected chi connectivity index (χ2v) is 6.55. The number of terminal acetylenes is 1. The van der Waals surface area contributed by atoms with Gasteiger partial charge in [0.25, 0.3) is 5.91 Å². The number of halogens is 1. The summed E-state index contributed by atoms with van der Waals surface area (Å²) in [6.07, 6.45) is 6.13. The quantitative estimate of drug-likeness (QED) is 0.437. The molecular formula is C24H19FN2O5. The monoisotopic (exact) mass is 434 g/mol. The lowest BCUT2D eigenvalue weighted by atomic mass is 10.1. The molecule has 1 heterocycles. The molecule has 0 fully saturated rings. The van der Waals surface area contributed by atoms with E-state index in [-0.39, 0.29) is 22.7 Å². The van der Waals surface area contributed by atoms with Gasteiger partial charge in [0.05, 0.1) is 12.7 Å². The molecule has 0 radical (unpaired) electrons. The van der Waals surface area contributed by atoms with Gasteiger partial charge in [-0.05, 0) is 55.5 Å². The van der Waals surface area contributed by atoms with Crippen LogP contribution in [0.25, 0.3) is 0 Å². The molecule has 3 rings (SSSR count). The Hall–Kier alpha value is -4.38. The molecule has 8 heteroatoms. The van der Waals surface area contributed by atoms with Crippen LogP contribution in [-0.4, -0.2) is 30.1 Å². The number of ether oxygens (including phenoxy) is 3. The molecule has 0 bridgehead atoms. The molecule has 7 nitrogen and oxygen atoms in total. The van der Waals surface area contributed by atoms with Gasteiger partial charge in [-0.1, -0.05) is 5.92 Å². The van der Waals surface area contributed by atoms with Crippen molar-refractivity contribution >= 4 is 17.7 Å². The predicted octanol–water partition coefficient (Wildman–Crippen LogP) is 4.45. The SMILES string of the molecule is C#C[C@H](C)Oc1cc(Oc2ccc(F)cc2)cc(C(=O)Nc2ccc(C(=O)OC)cn2)c1. The Morgan fingerprint density at radius 1 is 1.03 bits per heavy atom.